The molecule has 0 spiro atoms. The lowest BCUT2D eigenvalue weighted by molar-refractivity contribution is 0.0755. The number of halogens is 2. The maximum atomic E-state index is 14.3. The highest BCUT2D eigenvalue weighted by Gasteiger charge is 2.40. The molecule has 0 saturated carbocycles. The summed E-state index contributed by atoms with van der Waals surface area (Å²) in [6.45, 7) is 13.1. The Hall–Kier alpha value is -3.35. The lowest BCUT2D eigenvalue weighted by Gasteiger charge is -2.49. The van der Waals surface area contributed by atoms with E-state index in [4.69, 9.17) is 0 Å². The van der Waals surface area contributed by atoms with Crippen molar-refractivity contribution in [3.63, 3.8) is 0 Å². The molecule has 280 valence electrons. The average molecular weight is 728 g/mol. The fraction of sp³-hybridized carbons (Fsp3) is 0.500. The molecule has 5 N–H and O–H groups in total. The van der Waals surface area contributed by atoms with E-state index in [9.17, 15) is 32.6 Å². The molecular weight excluding hydrogens is 673 g/mol. The molecule has 0 aromatic heterocycles. The molecule has 1 aliphatic heterocycles. The van der Waals surface area contributed by atoms with E-state index in [1.807, 2.05) is 32.9 Å². The molecule has 4 atom stereocenters. The van der Waals surface area contributed by atoms with E-state index in [0.717, 1.165) is 42.0 Å². The number of rotatable bonds is 16. The molecule has 0 radical (unpaired) electrons. The van der Waals surface area contributed by atoms with E-state index < -0.39 is 51.6 Å². The van der Waals surface area contributed by atoms with E-state index >= 15 is 0 Å². The third-order valence-electron chi connectivity index (χ3n) is 9.54. The minimum atomic E-state index is -3.02. The van der Waals surface area contributed by atoms with E-state index in [2.05, 4.69) is 30.5 Å². The first kappa shape index (κ1) is 40.4. The number of carbonyl (C=O) groups is 2. The van der Waals surface area contributed by atoms with Gasteiger partial charge in [-0.2, -0.15) is 10.6 Å². The van der Waals surface area contributed by atoms with Crippen molar-refractivity contribution in [3.8, 4) is 0 Å². The first-order chi connectivity index (χ1) is 24.2. The molecule has 4 rings (SSSR count). The minimum absolute atomic E-state index is 0.0605. The molecule has 0 saturated heterocycles. The van der Waals surface area contributed by atoms with E-state index in [0.29, 0.717) is 30.6 Å². The van der Waals surface area contributed by atoms with E-state index in [1.54, 1.807) is 24.0 Å². The smallest absolute Gasteiger partial charge is 0.253 e. The van der Waals surface area contributed by atoms with Crippen LogP contribution in [-0.4, -0.2) is 68.0 Å². The Morgan fingerprint density at radius 1 is 0.922 bits per heavy atom. The van der Waals surface area contributed by atoms with Crippen molar-refractivity contribution in [1.29, 1.82) is 0 Å². The highest BCUT2D eigenvalue weighted by atomic mass is 32.3. The molecular formula is C40H55F2N3O5S. The molecule has 1 aliphatic rings. The van der Waals surface area contributed by atoms with Gasteiger partial charge in [-0.25, -0.2) is 8.78 Å². The number of aliphatic hydroxyl groups is 1. The van der Waals surface area contributed by atoms with Gasteiger partial charge in [-0.1, -0.05) is 59.2 Å². The zero-order valence-electron chi connectivity index (χ0n) is 30.7. The standard InChI is InChI=1S/C40H55F2N3O5S/c1-7-10-37-38(34-21-28(25(4)5)11-12-29(34)24-51(37,49)50)43-23-36(46)35(19-27-17-32(41)22-33(42)18-27)44-39(47)30-15-26(6)16-31(20-30)40(48)45(13-8-2)14-9-3/h11-12,15-18,20-22,25,35-38,43,46,49-50H,7-10,13-14,19,23-24H2,1-6H3,(H,44,47)/t35-,36+,37+,38-/m0/s1. The van der Waals surface area contributed by atoms with Crippen LogP contribution in [0.4, 0.5) is 8.78 Å². The van der Waals surface area contributed by atoms with Crippen LogP contribution in [0.1, 0.15) is 121 Å². The number of carbonyl (C=O) groups excluding carboxylic acids is 2. The summed E-state index contributed by atoms with van der Waals surface area (Å²) in [5, 5.41) is 17.5. The van der Waals surface area contributed by atoms with Crippen LogP contribution in [0.25, 0.3) is 0 Å². The fourth-order valence-corrected chi connectivity index (χ4v) is 9.24. The van der Waals surface area contributed by atoms with Crippen LogP contribution < -0.4 is 10.6 Å². The van der Waals surface area contributed by atoms with Gasteiger partial charge in [0.1, 0.15) is 11.6 Å². The maximum Gasteiger partial charge on any atom is 0.253 e. The van der Waals surface area contributed by atoms with Gasteiger partial charge in [0.05, 0.1) is 29.2 Å². The summed E-state index contributed by atoms with van der Waals surface area (Å²) >= 11 is 0. The Kier molecular flexibility index (Phi) is 14.2. The lowest BCUT2D eigenvalue weighted by Crippen LogP contribution is -2.50. The third-order valence-corrected chi connectivity index (χ3v) is 11.7. The molecule has 3 aromatic rings. The molecule has 11 heteroatoms. The van der Waals surface area contributed by atoms with Crippen LogP contribution in [-0.2, 0) is 12.2 Å². The number of fused-ring (bicyclic) bond motifs is 1. The Balaban J connectivity index is 1.65. The van der Waals surface area contributed by atoms with Crippen molar-refractivity contribution in [2.24, 2.45) is 0 Å². The average Bonchev–Trinajstić information content (AvgIpc) is 3.06. The number of hydrogen-bond donors (Lipinski definition) is 5. The molecule has 0 aliphatic carbocycles. The van der Waals surface area contributed by atoms with Crippen molar-refractivity contribution in [1.82, 2.24) is 15.5 Å². The summed E-state index contributed by atoms with van der Waals surface area (Å²) in [5.41, 5.74) is 4.45. The molecule has 0 unspecified atom stereocenters. The number of nitrogens with zero attached hydrogens (tertiary/aromatic N) is 1. The number of aryl methyl sites for hydroxylation is 1. The highest BCUT2D eigenvalue weighted by molar-refractivity contribution is 8.24. The zero-order chi connectivity index (χ0) is 37.5. The maximum absolute atomic E-state index is 14.3. The van der Waals surface area contributed by atoms with Crippen molar-refractivity contribution >= 4 is 22.4 Å². The van der Waals surface area contributed by atoms with Gasteiger partial charge in [0.15, 0.2) is 0 Å². The first-order valence-electron chi connectivity index (χ1n) is 18.1. The SMILES string of the molecule is CCC[C@@H]1[C@@H](NC[C@@H](O)[C@H](Cc2cc(F)cc(F)c2)NC(=O)c2cc(C)cc(C(=O)N(CCC)CCC)c2)c2cc(C(C)C)ccc2CS1(O)O. The third kappa shape index (κ3) is 10.4. The normalized spacial score (nSPS) is 18.5. The van der Waals surface area contributed by atoms with Gasteiger partial charge >= 0.3 is 0 Å². The van der Waals surface area contributed by atoms with Gasteiger partial charge in [-0.05, 0) is 96.7 Å². The Labute approximate surface area is 303 Å². The number of aliphatic hydroxyl groups excluding tert-OH is 1. The van der Waals surface area contributed by atoms with Gasteiger partial charge in [0, 0.05) is 36.8 Å². The van der Waals surface area contributed by atoms with Crippen LogP contribution >= 0.6 is 10.6 Å². The molecule has 51 heavy (non-hydrogen) atoms. The largest absolute Gasteiger partial charge is 0.390 e. The number of benzene rings is 3. The Morgan fingerprint density at radius 3 is 2.18 bits per heavy atom. The second kappa shape index (κ2) is 17.9. The number of amides is 2. The second-order valence-corrected chi connectivity index (χ2v) is 16.5. The highest BCUT2D eigenvalue weighted by Crippen LogP contribution is 2.58. The van der Waals surface area contributed by atoms with Crippen molar-refractivity contribution in [2.45, 2.75) is 109 Å². The Morgan fingerprint density at radius 2 is 1.57 bits per heavy atom. The lowest BCUT2D eigenvalue weighted by atomic mass is 9.90. The fourth-order valence-electron chi connectivity index (χ4n) is 7.01. The number of nitrogens with one attached hydrogen (secondary N) is 2. The number of hydrogen-bond acceptors (Lipinski definition) is 6. The van der Waals surface area contributed by atoms with E-state index in [1.165, 1.54) is 18.2 Å². The van der Waals surface area contributed by atoms with Crippen LogP contribution in [0.15, 0.2) is 54.6 Å². The van der Waals surface area contributed by atoms with E-state index in [-0.39, 0.29) is 41.7 Å². The van der Waals surface area contributed by atoms with Crippen LogP contribution in [0, 0.1) is 18.6 Å². The predicted molar refractivity (Wildman–Crippen MR) is 202 cm³/mol. The monoisotopic (exact) mass is 727 g/mol. The van der Waals surface area contributed by atoms with Crippen molar-refractivity contribution < 1.29 is 32.6 Å². The summed E-state index contributed by atoms with van der Waals surface area (Å²) in [6.07, 6.45) is 1.52. The second-order valence-electron chi connectivity index (χ2n) is 14.2. The first-order valence-corrected chi connectivity index (χ1v) is 19.9. The van der Waals surface area contributed by atoms with Crippen molar-refractivity contribution in [2.75, 3.05) is 19.6 Å². The van der Waals surface area contributed by atoms with Gasteiger partial charge in [0.2, 0.25) is 0 Å². The van der Waals surface area contributed by atoms with Gasteiger partial charge in [-0.15, -0.1) is 0 Å². The van der Waals surface area contributed by atoms with Crippen LogP contribution in [0.3, 0.4) is 0 Å². The van der Waals surface area contributed by atoms with Crippen molar-refractivity contribution in [3.05, 3.63) is 105 Å². The summed E-state index contributed by atoms with van der Waals surface area (Å²) < 4.78 is 51.1. The van der Waals surface area contributed by atoms with Crippen LogP contribution in [0.5, 0.6) is 0 Å². The molecule has 8 nitrogen and oxygen atoms in total. The molecule has 0 bridgehead atoms. The predicted octanol–water partition coefficient (Wildman–Crippen LogP) is 8.12. The molecule has 3 aromatic carbocycles. The van der Waals surface area contributed by atoms with Gasteiger partial charge in [-0.3, -0.25) is 18.7 Å². The summed E-state index contributed by atoms with van der Waals surface area (Å²) in [6, 6.07) is 12.6. The minimum Gasteiger partial charge on any atom is -0.390 e. The summed E-state index contributed by atoms with van der Waals surface area (Å²) in [5.74, 6) is -1.87. The van der Waals surface area contributed by atoms with Gasteiger partial charge in [0.25, 0.3) is 11.8 Å². The molecule has 2 amide bonds. The van der Waals surface area contributed by atoms with Crippen LogP contribution in [0.2, 0.25) is 0 Å². The zero-order valence-corrected chi connectivity index (χ0v) is 31.5. The quantitative estimate of drug-likeness (QED) is 0.102. The topological polar surface area (TPSA) is 122 Å². The molecule has 1 heterocycles. The summed E-state index contributed by atoms with van der Waals surface area (Å²) in [4.78, 5) is 29.0. The Bertz CT molecular complexity index is 1640. The molecule has 0 fully saturated rings. The summed E-state index contributed by atoms with van der Waals surface area (Å²) in [7, 11) is -3.02. The van der Waals surface area contributed by atoms with Gasteiger partial charge < -0.3 is 20.6 Å².